The highest BCUT2D eigenvalue weighted by Gasteiger charge is 2.30. The molecule has 19 heteroatoms. The lowest BCUT2D eigenvalue weighted by atomic mass is 9.99. The first-order valence-corrected chi connectivity index (χ1v) is 44.5. The van der Waals surface area contributed by atoms with Gasteiger partial charge < -0.3 is 33.8 Å². The van der Waals surface area contributed by atoms with Gasteiger partial charge in [0, 0.05) is 25.7 Å². The van der Waals surface area contributed by atoms with Crippen molar-refractivity contribution >= 4 is 39.5 Å². The van der Waals surface area contributed by atoms with Crippen molar-refractivity contribution in [2.24, 2.45) is 11.8 Å². The third-order valence-corrected chi connectivity index (χ3v) is 21.0. The van der Waals surface area contributed by atoms with Crippen LogP contribution in [0.5, 0.6) is 0 Å². The average Bonchev–Trinajstić information content (AvgIpc) is 1.01. The molecule has 0 aromatic rings. The Morgan fingerprint density at radius 1 is 0.293 bits per heavy atom. The monoisotopic (exact) mass is 1450 g/mol. The van der Waals surface area contributed by atoms with E-state index in [1.807, 2.05) is 0 Å². The lowest BCUT2D eigenvalue weighted by molar-refractivity contribution is -0.161. The highest BCUT2D eigenvalue weighted by molar-refractivity contribution is 7.47. The van der Waals surface area contributed by atoms with Gasteiger partial charge >= 0.3 is 39.5 Å². The van der Waals surface area contributed by atoms with E-state index in [1.54, 1.807) is 0 Å². The van der Waals surface area contributed by atoms with Gasteiger partial charge in [-0.25, -0.2) is 9.13 Å². The van der Waals surface area contributed by atoms with Gasteiger partial charge in [0.2, 0.25) is 0 Å². The van der Waals surface area contributed by atoms with Crippen LogP contribution in [0.4, 0.5) is 0 Å². The molecule has 0 amide bonds. The van der Waals surface area contributed by atoms with Gasteiger partial charge in [0.1, 0.15) is 19.3 Å². The number of carbonyl (C=O) groups is 4. The largest absolute Gasteiger partial charge is 0.472 e. The number of phosphoric acid groups is 2. The van der Waals surface area contributed by atoms with E-state index < -0.39 is 97.5 Å². The molecule has 0 saturated carbocycles. The molecule has 0 aromatic heterocycles. The Kier molecular flexibility index (Phi) is 70.3. The summed E-state index contributed by atoms with van der Waals surface area (Å²) >= 11 is 0. The molecule has 0 aliphatic carbocycles. The first-order chi connectivity index (χ1) is 47.9. The predicted molar refractivity (Wildman–Crippen MR) is 405 cm³/mol. The van der Waals surface area contributed by atoms with Crippen molar-refractivity contribution in [1.82, 2.24) is 0 Å². The predicted octanol–water partition coefficient (Wildman–Crippen LogP) is 23.9. The maximum absolute atomic E-state index is 13.1. The summed E-state index contributed by atoms with van der Waals surface area (Å²) in [6.07, 6.45) is 60.9. The molecule has 3 N–H and O–H groups in total. The highest BCUT2D eigenvalue weighted by atomic mass is 31.2. The lowest BCUT2D eigenvalue weighted by Crippen LogP contribution is -2.30. The normalized spacial score (nSPS) is 14.2. The van der Waals surface area contributed by atoms with Gasteiger partial charge in [0.15, 0.2) is 12.2 Å². The zero-order valence-corrected chi connectivity index (χ0v) is 66.6. The number of hydrogen-bond donors (Lipinski definition) is 3. The molecule has 6 atom stereocenters. The smallest absolute Gasteiger partial charge is 0.462 e. The van der Waals surface area contributed by atoms with E-state index in [0.717, 1.165) is 102 Å². The number of phosphoric ester groups is 2. The van der Waals surface area contributed by atoms with Gasteiger partial charge in [-0.1, -0.05) is 369 Å². The minimum atomic E-state index is -4.96. The SMILES string of the molecule is CCCCCCCCCCCCCCCCCCCCC(=O)OC[C@H](COP(=O)(O)OC[C@@H](O)COP(=O)(O)OC[C@@H](COC(=O)CCCCCCCCCCCCC)OC(=O)CCCCCCCCCCCC(C)C)OC(=O)CCCCCCCCCCCCCCCCC(C)CC. The second kappa shape index (κ2) is 71.7. The van der Waals surface area contributed by atoms with Crippen LogP contribution < -0.4 is 0 Å². The van der Waals surface area contributed by atoms with Crippen LogP contribution in [0.15, 0.2) is 0 Å². The first kappa shape index (κ1) is 97.1. The molecule has 0 rings (SSSR count). The number of esters is 4. The molecule has 0 aromatic carbocycles. The fourth-order valence-electron chi connectivity index (χ4n) is 12.3. The van der Waals surface area contributed by atoms with Crippen molar-refractivity contribution in [2.45, 2.75) is 439 Å². The van der Waals surface area contributed by atoms with Crippen LogP contribution in [0.25, 0.3) is 0 Å². The van der Waals surface area contributed by atoms with Crippen LogP contribution in [-0.4, -0.2) is 96.7 Å². The average molecular weight is 1450 g/mol. The van der Waals surface area contributed by atoms with Crippen molar-refractivity contribution in [1.29, 1.82) is 0 Å². The molecule has 0 aliphatic heterocycles. The number of aliphatic hydroxyl groups excluding tert-OH is 1. The molecule has 3 unspecified atom stereocenters. The lowest BCUT2D eigenvalue weighted by Gasteiger charge is -2.21. The molecule has 0 fully saturated rings. The van der Waals surface area contributed by atoms with E-state index in [-0.39, 0.29) is 25.7 Å². The summed E-state index contributed by atoms with van der Waals surface area (Å²) in [7, 11) is -9.92. The fraction of sp³-hybridized carbons (Fsp3) is 0.950. The van der Waals surface area contributed by atoms with E-state index in [1.165, 1.54) is 238 Å². The van der Waals surface area contributed by atoms with Crippen LogP contribution in [0.3, 0.4) is 0 Å². The second-order valence-corrected chi connectivity index (χ2v) is 32.4. The highest BCUT2D eigenvalue weighted by Crippen LogP contribution is 2.45. The van der Waals surface area contributed by atoms with Crippen LogP contribution >= 0.6 is 15.6 Å². The quantitative estimate of drug-likeness (QED) is 0.0222. The zero-order valence-electron chi connectivity index (χ0n) is 64.8. The molecule has 99 heavy (non-hydrogen) atoms. The fourth-order valence-corrected chi connectivity index (χ4v) is 13.9. The molecule has 588 valence electrons. The molecule has 17 nitrogen and oxygen atoms in total. The van der Waals surface area contributed by atoms with Crippen LogP contribution in [0.1, 0.15) is 420 Å². The minimum Gasteiger partial charge on any atom is -0.462 e. The van der Waals surface area contributed by atoms with E-state index in [0.29, 0.717) is 25.7 Å². The van der Waals surface area contributed by atoms with Crippen LogP contribution in [0.2, 0.25) is 0 Å². The van der Waals surface area contributed by atoms with E-state index >= 15 is 0 Å². The van der Waals surface area contributed by atoms with Gasteiger partial charge in [0.25, 0.3) is 0 Å². The Morgan fingerprint density at radius 3 is 0.768 bits per heavy atom. The van der Waals surface area contributed by atoms with Crippen LogP contribution in [0, 0.1) is 11.8 Å². The Balaban J connectivity index is 5.24. The van der Waals surface area contributed by atoms with E-state index in [4.69, 9.17) is 37.0 Å². The Hall–Kier alpha value is -1.94. The van der Waals surface area contributed by atoms with E-state index in [9.17, 15) is 43.2 Å². The summed E-state index contributed by atoms with van der Waals surface area (Å²) in [4.78, 5) is 73.0. The van der Waals surface area contributed by atoms with Crippen molar-refractivity contribution in [3.05, 3.63) is 0 Å². The Bertz CT molecular complexity index is 1910. The number of rotatable bonds is 79. The summed E-state index contributed by atoms with van der Waals surface area (Å²) in [5.74, 6) is -0.527. The molecule has 0 spiro atoms. The van der Waals surface area contributed by atoms with Gasteiger partial charge in [-0.05, 0) is 37.5 Å². The number of carbonyl (C=O) groups excluding carboxylic acids is 4. The Morgan fingerprint density at radius 2 is 0.515 bits per heavy atom. The number of aliphatic hydroxyl groups is 1. The summed E-state index contributed by atoms with van der Waals surface area (Å²) < 4.78 is 68.7. The molecule has 0 aliphatic rings. The molecule has 0 bridgehead atoms. The Labute approximate surface area is 607 Å². The van der Waals surface area contributed by atoms with E-state index in [2.05, 4.69) is 41.5 Å². The third kappa shape index (κ3) is 72.8. The summed E-state index contributed by atoms with van der Waals surface area (Å²) in [5, 5.41) is 10.6. The van der Waals surface area contributed by atoms with Crippen LogP contribution in [-0.2, 0) is 65.4 Å². The number of ether oxygens (including phenoxy) is 4. The van der Waals surface area contributed by atoms with Gasteiger partial charge in [-0.15, -0.1) is 0 Å². The molecule has 0 saturated heterocycles. The molecular weight excluding hydrogens is 1290 g/mol. The molecule has 0 radical (unpaired) electrons. The summed E-state index contributed by atoms with van der Waals surface area (Å²) in [6, 6.07) is 0. The van der Waals surface area contributed by atoms with Crippen molar-refractivity contribution < 1.29 is 80.2 Å². The number of unbranched alkanes of at least 4 members (excludes halogenated alkanes) is 48. The standard InChI is InChI=1S/C80H156O17P2/c1-7-10-12-14-16-18-20-21-22-23-24-25-29-33-39-45-51-57-63-78(83)91-68-75(96-79(84)64-58-52-46-40-34-30-27-26-28-32-37-43-49-55-61-73(6)9-3)70-94-98(86,87)92-66-74(81)67-93-99(88,89)95-71-76(69-90-77(82)62-56-50-44-38-31-19-17-15-13-11-8-2)97-80(85)65-59-53-47-41-35-36-42-48-54-60-72(4)5/h72-76,81H,7-71H2,1-6H3,(H,86,87)(H,88,89)/t73?,74-,75-,76-/m1/s1. The maximum Gasteiger partial charge on any atom is 0.472 e. The topological polar surface area (TPSA) is 237 Å². The van der Waals surface area contributed by atoms with Crippen molar-refractivity contribution in [3.63, 3.8) is 0 Å². The van der Waals surface area contributed by atoms with Gasteiger partial charge in [0.05, 0.1) is 26.4 Å². The van der Waals surface area contributed by atoms with Gasteiger partial charge in [-0.3, -0.25) is 37.3 Å². The van der Waals surface area contributed by atoms with Gasteiger partial charge in [-0.2, -0.15) is 0 Å². The molecule has 0 heterocycles. The summed E-state index contributed by atoms with van der Waals surface area (Å²) in [5.41, 5.74) is 0. The minimum absolute atomic E-state index is 0.106. The van der Waals surface area contributed by atoms with Crippen molar-refractivity contribution in [2.75, 3.05) is 39.6 Å². The second-order valence-electron chi connectivity index (χ2n) is 29.5. The molecular formula is C80H156O17P2. The maximum atomic E-state index is 13.1. The summed E-state index contributed by atoms with van der Waals surface area (Å²) in [6.45, 7) is 9.66. The van der Waals surface area contributed by atoms with Crippen molar-refractivity contribution in [3.8, 4) is 0 Å². The number of hydrogen-bond acceptors (Lipinski definition) is 15. The first-order valence-electron chi connectivity index (χ1n) is 41.5. The third-order valence-electron chi connectivity index (χ3n) is 19.1. The zero-order chi connectivity index (χ0) is 72.8.